The monoisotopic (exact) mass is 371 g/mol. The largest absolute Gasteiger partial charge is 0.485 e. The van der Waals surface area contributed by atoms with Gasteiger partial charge in [-0.1, -0.05) is 47.1 Å². The van der Waals surface area contributed by atoms with Crippen molar-refractivity contribution in [1.29, 1.82) is 0 Å². The van der Waals surface area contributed by atoms with Gasteiger partial charge in [-0.05, 0) is 30.7 Å². The van der Waals surface area contributed by atoms with Crippen molar-refractivity contribution >= 4 is 17.5 Å². The number of rotatable bonds is 6. The van der Waals surface area contributed by atoms with Crippen LogP contribution in [0.5, 0.6) is 5.75 Å². The van der Waals surface area contributed by atoms with Crippen LogP contribution in [-0.2, 0) is 6.61 Å². The maximum absolute atomic E-state index is 12.7. The Bertz CT molecular complexity index is 910. The molecule has 0 saturated heterocycles. The first-order chi connectivity index (χ1) is 12.5. The van der Waals surface area contributed by atoms with Crippen molar-refractivity contribution < 1.29 is 14.1 Å². The SMILES string of the molecule is Cc1nc(COc2ccccc2C(=O)NC(C)c2ccccc2Cl)no1. The van der Waals surface area contributed by atoms with E-state index in [-0.39, 0.29) is 18.6 Å². The number of para-hydroxylation sites is 1. The van der Waals surface area contributed by atoms with Gasteiger partial charge >= 0.3 is 0 Å². The summed E-state index contributed by atoms with van der Waals surface area (Å²) in [5.74, 6) is 1.07. The molecule has 1 unspecified atom stereocenters. The summed E-state index contributed by atoms with van der Waals surface area (Å²) in [6.07, 6.45) is 0. The number of benzene rings is 2. The number of halogens is 1. The van der Waals surface area contributed by atoms with Crippen LogP contribution < -0.4 is 10.1 Å². The second-order valence-electron chi connectivity index (χ2n) is 5.73. The van der Waals surface area contributed by atoms with Gasteiger partial charge in [0.15, 0.2) is 6.61 Å². The quantitative estimate of drug-likeness (QED) is 0.705. The minimum atomic E-state index is -0.252. The molecular formula is C19H18ClN3O3. The molecule has 1 atom stereocenters. The number of ether oxygens (including phenoxy) is 1. The lowest BCUT2D eigenvalue weighted by molar-refractivity contribution is 0.0935. The van der Waals surface area contributed by atoms with Gasteiger partial charge in [0.2, 0.25) is 11.7 Å². The Morgan fingerprint density at radius 2 is 1.96 bits per heavy atom. The van der Waals surface area contributed by atoms with Gasteiger partial charge in [-0.2, -0.15) is 4.98 Å². The van der Waals surface area contributed by atoms with E-state index in [4.69, 9.17) is 20.9 Å². The summed E-state index contributed by atoms with van der Waals surface area (Å²) in [5, 5.41) is 7.33. The third-order valence-electron chi connectivity index (χ3n) is 3.78. The molecule has 1 N–H and O–H groups in total. The highest BCUT2D eigenvalue weighted by Crippen LogP contribution is 2.24. The van der Waals surface area contributed by atoms with E-state index >= 15 is 0 Å². The predicted octanol–water partition coefficient (Wildman–Crippen LogP) is 4.10. The smallest absolute Gasteiger partial charge is 0.255 e. The Hall–Kier alpha value is -2.86. The second-order valence-corrected chi connectivity index (χ2v) is 6.14. The molecule has 1 heterocycles. The van der Waals surface area contributed by atoms with Gasteiger partial charge in [-0.3, -0.25) is 4.79 Å². The first-order valence-corrected chi connectivity index (χ1v) is 8.48. The Balaban J connectivity index is 1.72. The molecule has 0 aliphatic rings. The van der Waals surface area contributed by atoms with Gasteiger partial charge < -0.3 is 14.6 Å². The molecule has 0 aliphatic carbocycles. The number of aryl methyl sites for hydroxylation is 1. The molecule has 3 rings (SSSR count). The van der Waals surface area contributed by atoms with Crippen LogP contribution in [0, 0.1) is 6.92 Å². The number of hydrogen-bond donors (Lipinski definition) is 1. The predicted molar refractivity (Wildman–Crippen MR) is 97.1 cm³/mol. The van der Waals surface area contributed by atoms with Gasteiger partial charge in [0.1, 0.15) is 5.75 Å². The van der Waals surface area contributed by atoms with E-state index in [1.165, 1.54) is 0 Å². The van der Waals surface area contributed by atoms with E-state index in [0.29, 0.717) is 28.1 Å². The fourth-order valence-corrected chi connectivity index (χ4v) is 2.80. The van der Waals surface area contributed by atoms with Crippen molar-refractivity contribution in [2.24, 2.45) is 0 Å². The first-order valence-electron chi connectivity index (χ1n) is 8.11. The molecule has 1 amide bonds. The van der Waals surface area contributed by atoms with Crippen molar-refractivity contribution in [3.05, 3.63) is 76.4 Å². The first kappa shape index (κ1) is 17.9. The second kappa shape index (κ2) is 8.01. The summed E-state index contributed by atoms with van der Waals surface area (Å²) in [6.45, 7) is 3.69. The highest BCUT2D eigenvalue weighted by atomic mass is 35.5. The van der Waals surface area contributed by atoms with Crippen LogP contribution in [0.2, 0.25) is 5.02 Å². The lowest BCUT2D eigenvalue weighted by Crippen LogP contribution is -2.27. The molecule has 7 heteroatoms. The summed E-state index contributed by atoms with van der Waals surface area (Å²) in [6, 6.07) is 14.2. The van der Waals surface area contributed by atoms with Crippen molar-refractivity contribution in [2.45, 2.75) is 26.5 Å². The average Bonchev–Trinajstić information content (AvgIpc) is 3.05. The third kappa shape index (κ3) is 4.21. The van der Waals surface area contributed by atoms with Gasteiger partial charge in [0.05, 0.1) is 11.6 Å². The number of amides is 1. The summed E-state index contributed by atoms with van der Waals surface area (Å²) in [4.78, 5) is 16.8. The number of nitrogens with one attached hydrogen (secondary N) is 1. The van der Waals surface area contributed by atoms with E-state index in [9.17, 15) is 4.79 Å². The molecule has 1 aromatic heterocycles. The van der Waals surface area contributed by atoms with Crippen molar-refractivity contribution in [2.75, 3.05) is 0 Å². The lowest BCUT2D eigenvalue weighted by Gasteiger charge is -2.17. The normalized spacial score (nSPS) is 11.8. The van der Waals surface area contributed by atoms with Crippen LogP contribution in [0.1, 0.15) is 40.6 Å². The molecule has 0 aliphatic heterocycles. The standard InChI is InChI=1S/C19H18ClN3O3/c1-12(14-7-3-5-9-16(14)20)21-19(24)15-8-4-6-10-17(15)25-11-18-22-13(2)26-23-18/h3-10,12H,11H2,1-2H3,(H,21,24). The minimum absolute atomic E-state index is 0.113. The lowest BCUT2D eigenvalue weighted by atomic mass is 10.1. The number of nitrogens with zero attached hydrogens (tertiary/aromatic N) is 2. The highest BCUT2D eigenvalue weighted by Gasteiger charge is 2.17. The summed E-state index contributed by atoms with van der Waals surface area (Å²) in [5.41, 5.74) is 1.27. The maximum atomic E-state index is 12.7. The fourth-order valence-electron chi connectivity index (χ4n) is 2.50. The van der Waals surface area contributed by atoms with Crippen LogP contribution in [0.15, 0.2) is 53.1 Å². The van der Waals surface area contributed by atoms with E-state index < -0.39 is 0 Å². The van der Waals surface area contributed by atoms with Crippen LogP contribution in [0.25, 0.3) is 0 Å². The van der Waals surface area contributed by atoms with Gasteiger partial charge in [-0.15, -0.1) is 0 Å². The van der Waals surface area contributed by atoms with E-state index in [2.05, 4.69) is 15.5 Å². The molecular weight excluding hydrogens is 354 g/mol. The van der Waals surface area contributed by atoms with E-state index in [0.717, 1.165) is 5.56 Å². The molecule has 0 spiro atoms. The summed E-state index contributed by atoms with van der Waals surface area (Å²) in [7, 11) is 0. The molecule has 6 nitrogen and oxygen atoms in total. The zero-order valence-electron chi connectivity index (χ0n) is 14.4. The molecule has 2 aromatic carbocycles. The molecule has 0 fully saturated rings. The molecule has 0 radical (unpaired) electrons. The summed E-state index contributed by atoms with van der Waals surface area (Å²) >= 11 is 6.20. The van der Waals surface area contributed by atoms with Gasteiger partial charge in [-0.25, -0.2) is 0 Å². The number of carbonyl (C=O) groups is 1. The topological polar surface area (TPSA) is 77.2 Å². The Labute approximate surface area is 156 Å². The zero-order chi connectivity index (χ0) is 18.5. The fraction of sp³-hybridized carbons (Fsp3) is 0.211. The average molecular weight is 372 g/mol. The molecule has 0 bridgehead atoms. The number of hydrogen-bond acceptors (Lipinski definition) is 5. The van der Waals surface area contributed by atoms with Crippen molar-refractivity contribution in [3.8, 4) is 5.75 Å². The van der Waals surface area contributed by atoms with Gasteiger partial charge in [0, 0.05) is 11.9 Å². The van der Waals surface area contributed by atoms with E-state index in [1.807, 2.05) is 25.1 Å². The third-order valence-corrected chi connectivity index (χ3v) is 4.12. The zero-order valence-corrected chi connectivity index (χ0v) is 15.2. The van der Waals surface area contributed by atoms with Gasteiger partial charge in [0.25, 0.3) is 5.91 Å². The van der Waals surface area contributed by atoms with Crippen molar-refractivity contribution in [1.82, 2.24) is 15.5 Å². The Morgan fingerprint density at radius 1 is 1.23 bits per heavy atom. The number of aromatic nitrogens is 2. The van der Waals surface area contributed by atoms with Crippen LogP contribution in [0.3, 0.4) is 0 Å². The van der Waals surface area contributed by atoms with Crippen LogP contribution in [-0.4, -0.2) is 16.0 Å². The molecule has 3 aromatic rings. The Morgan fingerprint density at radius 3 is 2.69 bits per heavy atom. The summed E-state index contributed by atoms with van der Waals surface area (Å²) < 4.78 is 10.6. The van der Waals surface area contributed by atoms with Crippen LogP contribution in [0.4, 0.5) is 0 Å². The maximum Gasteiger partial charge on any atom is 0.255 e. The molecule has 26 heavy (non-hydrogen) atoms. The number of carbonyl (C=O) groups excluding carboxylic acids is 1. The minimum Gasteiger partial charge on any atom is -0.485 e. The van der Waals surface area contributed by atoms with E-state index in [1.54, 1.807) is 37.3 Å². The molecule has 134 valence electrons. The van der Waals surface area contributed by atoms with Crippen molar-refractivity contribution in [3.63, 3.8) is 0 Å². The molecule has 0 saturated carbocycles. The highest BCUT2D eigenvalue weighted by molar-refractivity contribution is 6.31. The van der Waals surface area contributed by atoms with Crippen LogP contribution >= 0.6 is 11.6 Å². The Kier molecular flexibility index (Phi) is 5.53.